The highest BCUT2D eigenvalue weighted by atomic mass is 35.5. The molecule has 0 bridgehead atoms. The number of piperidine rings is 1. The molecule has 1 aromatic carbocycles. The van der Waals surface area contributed by atoms with Crippen molar-refractivity contribution in [1.29, 1.82) is 0 Å². The molecule has 2 unspecified atom stereocenters. The second-order valence-electron chi connectivity index (χ2n) is 4.57. The first kappa shape index (κ1) is 9.97. The second kappa shape index (κ2) is 3.39. The third-order valence-electron chi connectivity index (χ3n) is 3.67. The first-order valence-electron chi connectivity index (χ1n) is 5.40. The van der Waals surface area contributed by atoms with Crippen LogP contribution in [-0.4, -0.2) is 24.2 Å². The number of anilines is 1. The van der Waals surface area contributed by atoms with Gasteiger partial charge in [-0.05, 0) is 36.1 Å². The number of carboxylic acid groups (broad SMARTS) is 1. The van der Waals surface area contributed by atoms with Crippen LogP contribution < -0.4 is 4.90 Å². The summed E-state index contributed by atoms with van der Waals surface area (Å²) in [5.74, 6) is -0.0179. The molecule has 1 saturated carbocycles. The molecule has 1 aliphatic carbocycles. The standard InChI is InChI=1S/C12H12ClNO2/c13-7-1-3-8(4-2-7)14-5-9-10(6-14)11(9)12(15)16/h1-4,9-11H,5-6H2,(H,15,16). The summed E-state index contributed by atoms with van der Waals surface area (Å²) in [4.78, 5) is 13.1. The average Bonchev–Trinajstić information content (AvgIpc) is 2.77. The van der Waals surface area contributed by atoms with Gasteiger partial charge in [0.1, 0.15) is 0 Å². The maximum atomic E-state index is 10.8. The van der Waals surface area contributed by atoms with Crippen LogP contribution in [0.15, 0.2) is 24.3 Å². The van der Waals surface area contributed by atoms with Crippen molar-refractivity contribution in [3.05, 3.63) is 29.3 Å². The molecule has 3 rings (SSSR count). The fourth-order valence-electron chi connectivity index (χ4n) is 2.76. The minimum Gasteiger partial charge on any atom is -0.481 e. The van der Waals surface area contributed by atoms with Crippen LogP contribution in [0.3, 0.4) is 0 Å². The van der Waals surface area contributed by atoms with Crippen LogP contribution in [0.2, 0.25) is 5.02 Å². The zero-order chi connectivity index (χ0) is 11.3. The van der Waals surface area contributed by atoms with Crippen molar-refractivity contribution in [2.45, 2.75) is 0 Å². The van der Waals surface area contributed by atoms with Gasteiger partial charge in [-0.2, -0.15) is 0 Å². The summed E-state index contributed by atoms with van der Waals surface area (Å²) >= 11 is 5.82. The number of fused-ring (bicyclic) bond motifs is 1. The highest BCUT2D eigenvalue weighted by molar-refractivity contribution is 6.30. The van der Waals surface area contributed by atoms with Crippen molar-refractivity contribution in [2.24, 2.45) is 17.8 Å². The van der Waals surface area contributed by atoms with E-state index in [0.717, 1.165) is 23.8 Å². The molecule has 1 heterocycles. The summed E-state index contributed by atoms with van der Waals surface area (Å²) in [5, 5.41) is 9.65. The zero-order valence-electron chi connectivity index (χ0n) is 8.64. The van der Waals surface area contributed by atoms with Gasteiger partial charge in [0.05, 0.1) is 5.92 Å². The number of rotatable bonds is 2. The minimum atomic E-state index is -0.634. The number of hydrogen-bond donors (Lipinski definition) is 1. The van der Waals surface area contributed by atoms with Gasteiger partial charge in [-0.15, -0.1) is 0 Å². The lowest BCUT2D eigenvalue weighted by atomic mass is 10.2. The summed E-state index contributed by atoms with van der Waals surface area (Å²) in [6, 6.07) is 7.72. The van der Waals surface area contributed by atoms with Crippen molar-refractivity contribution < 1.29 is 9.90 Å². The predicted octanol–water partition coefficient (Wildman–Crippen LogP) is 2.11. The third-order valence-corrected chi connectivity index (χ3v) is 3.92. The Kier molecular flexibility index (Phi) is 2.11. The second-order valence-corrected chi connectivity index (χ2v) is 5.01. The Labute approximate surface area is 98.6 Å². The Morgan fingerprint density at radius 1 is 1.25 bits per heavy atom. The van der Waals surface area contributed by atoms with Crippen LogP contribution in [-0.2, 0) is 4.79 Å². The quantitative estimate of drug-likeness (QED) is 0.857. The zero-order valence-corrected chi connectivity index (χ0v) is 9.39. The Morgan fingerprint density at radius 2 is 1.81 bits per heavy atom. The molecule has 1 aliphatic heterocycles. The molecule has 3 nitrogen and oxygen atoms in total. The van der Waals surface area contributed by atoms with E-state index in [-0.39, 0.29) is 5.92 Å². The summed E-state index contributed by atoms with van der Waals surface area (Å²) in [5.41, 5.74) is 1.14. The van der Waals surface area contributed by atoms with Gasteiger partial charge < -0.3 is 10.0 Å². The number of nitrogens with zero attached hydrogens (tertiary/aromatic N) is 1. The van der Waals surface area contributed by atoms with Gasteiger partial charge in [0.15, 0.2) is 0 Å². The van der Waals surface area contributed by atoms with E-state index < -0.39 is 5.97 Å². The summed E-state index contributed by atoms with van der Waals surface area (Å²) < 4.78 is 0. The van der Waals surface area contributed by atoms with E-state index in [0.29, 0.717) is 11.8 Å². The molecule has 2 atom stereocenters. The fourth-order valence-corrected chi connectivity index (χ4v) is 2.88. The van der Waals surface area contributed by atoms with E-state index in [2.05, 4.69) is 4.90 Å². The molecule has 2 aliphatic rings. The van der Waals surface area contributed by atoms with Crippen LogP contribution >= 0.6 is 11.6 Å². The lowest BCUT2D eigenvalue weighted by molar-refractivity contribution is -0.139. The van der Waals surface area contributed by atoms with Crippen LogP contribution in [0.4, 0.5) is 5.69 Å². The first-order chi connectivity index (χ1) is 7.66. The van der Waals surface area contributed by atoms with Gasteiger partial charge >= 0.3 is 5.97 Å². The molecule has 1 saturated heterocycles. The topological polar surface area (TPSA) is 40.5 Å². The van der Waals surface area contributed by atoms with E-state index in [9.17, 15) is 4.79 Å². The van der Waals surface area contributed by atoms with E-state index in [1.807, 2.05) is 24.3 Å². The third kappa shape index (κ3) is 1.47. The molecule has 0 aromatic heterocycles. The molecule has 0 radical (unpaired) electrons. The Bertz CT molecular complexity index is 419. The van der Waals surface area contributed by atoms with Crippen molar-refractivity contribution in [2.75, 3.05) is 18.0 Å². The van der Waals surface area contributed by atoms with Crippen molar-refractivity contribution in [3.63, 3.8) is 0 Å². The maximum Gasteiger partial charge on any atom is 0.307 e. The molecule has 16 heavy (non-hydrogen) atoms. The molecule has 1 aromatic rings. The fraction of sp³-hybridized carbons (Fsp3) is 0.417. The number of aliphatic carboxylic acids is 1. The number of hydrogen-bond acceptors (Lipinski definition) is 2. The van der Waals surface area contributed by atoms with E-state index >= 15 is 0 Å². The summed E-state index contributed by atoms with van der Waals surface area (Å²) in [7, 11) is 0. The lowest BCUT2D eigenvalue weighted by Gasteiger charge is -2.21. The van der Waals surface area contributed by atoms with Gasteiger partial charge in [0.25, 0.3) is 0 Å². The van der Waals surface area contributed by atoms with Gasteiger partial charge in [0, 0.05) is 23.8 Å². The Morgan fingerprint density at radius 3 is 2.31 bits per heavy atom. The molecule has 84 valence electrons. The van der Waals surface area contributed by atoms with Gasteiger partial charge in [-0.25, -0.2) is 0 Å². The van der Waals surface area contributed by atoms with Gasteiger partial charge in [-0.1, -0.05) is 11.6 Å². The SMILES string of the molecule is O=C(O)C1C2CN(c3ccc(Cl)cc3)CC21. The number of benzene rings is 1. The predicted molar refractivity (Wildman–Crippen MR) is 61.8 cm³/mol. The van der Waals surface area contributed by atoms with Crippen LogP contribution in [0.1, 0.15) is 0 Å². The van der Waals surface area contributed by atoms with E-state index in [1.54, 1.807) is 0 Å². The molecule has 0 amide bonds. The van der Waals surface area contributed by atoms with E-state index in [1.165, 1.54) is 0 Å². The molecule has 2 fully saturated rings. The van der Waals surface area contributed by atoms with Crippen LogP contribution in [0.5, 0.6) is 0 Å². The van der Waals surface area contributed by atoms with Crippen molar-refractivity contribution in [1.82, 2.24) is 0 Å². The molecule has 0 spiro atoms. The van der Waals surface area contributed by atoms with Crippen molar-refractivity contribution >= 4 is 23.3 Å². The largest absolute Gasteiger partial charge is 0.481 e. The van der Waals surface area contributed by atoms with Gasteiger partial charge in [-0.3, -0.25) is 4.79 Å². The Hall–Kier alpha value is -1.22. The summed E-state index contributed by atoms with van der Waals surface area (Å²) in [6.45, 7) is 1.73. The highest BCUT2D eigenvalue weighted by Crippen LogP contribution is 2.52. The smallest absolute Gasteiger partial charge is 0.307 e. The minimum absolute atomic E-state index is 0.0939. The maximum absolute atomic E-state index is 10.8. The Balaban J connectivity index is 1.69. The first-order valence-corrected chi connectivity index (χ1v) is 5.78. The van der Waals surface area contributed by atoms with Crippen LogP contribution in [0, 0.1) is 17.8 Å². The van der Waals surface area contributed by atoms with Gasteiger partial charge in [0.2, 0.25) is 0 Å². The van der Waals surface area contributed by atoms with E-state index in [4.69, 9.17) is 16.7 Å². The molecular formula is C12H12ClNO2. The molecular weight excluding hydrogens is 226 g/mol. The summed E-state index contributed by atoms with van der Waals surface area (Å²) in [6.07, 6.45) is 0. The molecule has 4 heteroatoms. The number of halogens is 1. The molecule has 1 N–H and O–H groups in total. The van der Waals surface area contributed by atoms with Crippen molar-refractivity contribution in [3.8, 4) is 0 Å². The van der Waals surface area contributed by atoms with Crippen LogP contribution in [0.25, 0.3) is 0 Å². The number of carboxylic acids is 1. The monoisotopic (exact) mass is 237 g/mol. The highest BCUT2D eigenvalue weighted by Gasteiger charge is 2.59. The average molecular weight is 238 g/mol. The number of carbonyl (C=O) groups is 1. The lowest BCUT2D eigenvalue weighted by Crippen LogP contribution is -2.25. The normalized spacial score (nSPS) is 31.3.